The van der Waals surface area contributed by atoms with Crippen LogP contribution in [-0.2, 0) is 4.57 Å². The summed E-state index contributed by atoms with van der Waals surface area (Å²) in [7, 11) is 0. The van der Waals surface area contributed by atoms with E-state index in [4.69, 9.17) is 22.5 Å². The van der Waals surface area contributed by atoms with E-state index in [1.54, 1.807) is 19.1 Å². The van der Waals surface area contributed by atoms with Crippen LogP contribution in [0, 0.1) is 13.8 Å². The zero-order valence-corrected chi connectivity index (χ0v) is 10.7. The Kier molecular flexibility index (Phi) is 3.82. The molecule has 6 heteroatoms. The van der Waals surface area contributed by atoms with E-state index in [0.717, 1.165) is 11.1 Å². The maximum absolute atomic E-state index is 11.5. The molecule has 0 saturated heterocycles. The van der Waals surface area contributed by atoms with Crippen LogP contribution in [0.4, 0.5) is 0 Å². The minimum Gasteiger partial charge on any atom is -0.279 e. The number of rotatable bonds is 2. The highest BCUT2D eigenvalue weighted by atomic mass is 35.9. The number of aryl methyl sites for hydroxylation is 2. The average Bonchev–Trinajstić information content (AvgIpc) is 1.99. The molecule has 0 heterocycles. The number of hydrogen-bond acceptors (Lipinski definition) is 2. The fraction of sp³-hybridized carbons (Fsp3) is 0.222. The number of halogens is 2. The van der Waals surface area contributed by atoms with Crippen molar-refractivity contribution in [3.05, 3.63) is 34.9 Å². The monoisotopic (exact) mass is 265 g/mol. The average molecular weight is 266 g/mol. The molecule has 0 aromatic heterocycles. The molecule has 0 fully saturated rings. The van der Waals surface area contributed by atoms with Crippen LogP contribution in [0.3, 0.4) is 0 Å². The summed E-state index contributed by atoms with van der Waals surface area (Å²) in [4.78, 5) is 11.5. The second-order valence-corrected chi connectivity index (χ2v) is 7.75. The molecule has 1 N–H and O–H groups in total. The normalized spacial score (nSPS) is 11.2. The van der Waals surface area contributed by atoms with Gasteiger partial charge in [-0.25, -0.2) is 0 Å². The maximum atomic E-state index is 11.5. The van der Waals surface area contributed by atoms with Crippen LogP contribution < -0.4 is 5.09 Å². The molecule has 1 aromatic rings. The first-order chi connectivity index (χ1) is 6.79. The van der Waals surface area contributed by atoms with Crippen LogP contribution in [0.2, 0.25) is 0 Å². The van der Waals surface area contributed by atoms with Gasteiger partial charge in [-0.05, 0) is 48.0 Å². The van der Waals surface area contributed by atoms with E-state index in [9.17, 15) is 9.36 Å². The van der Waals surface area contributed by atoms with Crippen LogP contribution >= 0.6 is 28.5 Å². The summed E-state index contributed by atoms with van der Waals surface area (Å²) in [6.07, 6.45) is 0. The Morgan fingerprint density at radius 1 is 1.33 bits per heavy atom. The van der Waals surface area contributed by atoms with E-state index in [1.807, 2.05) is 18.1 Å². The topological polar surface area (TPSA) is 46.2 Å². The fourth-order valence-corrected chi connectivity index (χ4v) is 2.06. The quantitative estimate of drug-likeness (QED) is 0.831. The molecule has 0 aliphatic carbocycles. The van der Waals surface area contributed by atoms with E-state index in [1.165, 1.54) is 0 Å². The van der Waals surface area contributed by atoms with Gasteiger partial charge in [0.25, 0.3) is 5.91 Å². The van der Waals surface area contributed by atoms with Crippen LogP contribution in [0.25, 0.3) is 0 Å². The van der Waals surface area contributed by atoms with Crippen molar-refractivity contribution in [3.63, 3.8) is 0 Å². The molecular formula is C9H10Cl2NO2P. The Hall–Kier alpha value is -0.500. The second kappa shape index (κ2) is 4.56. The summed E-state index contributed by atoms with van der Waals surface area (Å²) in [5.41, 5.74) is 2.25. The van der Waals surface area contributed by atoms with Crippen molar-refractivity contribution in [2.24, 2.45) is 0 Å². The van der Waals surface area contributed by atoms with E-state index in [2.05, 4.69) is 0 Å². The van der Waals surface area contributed by atoms with Gasteiger partial charge in [0.15, 0.2) is 0 Å². The molecule has 0 aliphatic heterocycles. The smallest absolute Gasteiger partial charge is 0.279 e. The Bertz CT molecular complexity index is 442. The van der Waals surface area contributed by atoms with E-state index >= 15 is 0 Å². The summed E-state index contributed by atoms with van der Waals surface area (Å²) < 4.78 is 11.0. The van der Waals surface area contributed by atoms with Gasteiger partial charge in [0.1, 0.15) is 0 Å². The highest BCUT2D eigenvalue weighted by Crippen LogP contribution is 2.52. The molecule has 0 saturated carbocycles. The Morgan fingerprint density at radius 3 is 2.40 bits per heavy atom. The maximum Gasteiger partial charge on any atom is 0.345 e. The first kappa shape index (κ1) is 12.6. The van der Waals surface area contributed by atoms with Gasteiger partial charge in [0.2, 0.25) is 0 Å². The SMILES string of the molecule is Cc1ccc(C(=O)NP(=O)(Cl)Cl)c(C)c1. The van der Waals surface area contributed by atoms with Crippen molar-refractivity contribution >= 4 is 34.4 Å². The third-order valence-electron chi connectivity index (χ3n) is 1.86. The number of hydrogen-bond donors (Lipinski definition) is 1. The molecule has 0 atom stereocenters. The molecule has 1 amide bonds. The minimum atomic E-state index is -3.57. The van der Waals surface area contributed by atoms with Gasteiger partial charge < -0.3 is 0 Å². The highest BCUT2D eigenvalue weighted by molar-refractivity contribution is 8.07. The summed E-state index contributed by atoms with van der Waals surface area (Å²) in [6.45, 7) is 3.71. The lowest BCUT2D eigenvalue weighted by Crippen LogP contribution is -2.17. The van der Waals surface area contributed by atoms with Crippen molar-refractivity contribution in [3.8, 4) is 0 Å². The van der Waals surface area contributed by atoms with Crippen LogP contribution in [0.1, 0.15) is 21.5 Å². The Labute approximate surface area is 97.8 Å². The van der Waals surface area contributed by atoms with Gasteiger partial charge in [0, 0.05) is 5.56 Å². The van der Waals surface area contributed by atoms with Gasteiger partial charge in [-0.15, -0.1) is 0 Å². The Balaban J connectivity index is 2.97. The first-order valence-corrected chi connectivity index (χ1v) is 7.70. The summed E-state index contributed by atoms with van der Waals surface area (Å²) >= 11 is 10.5. The third kappa shape index (κ3) is 3.86. The van der Waals surface area contributed by atoms with E-state index in [-0.39, 0.29) is 0 Å². The fourth-order valence-electron chi connectivity index (χ4n) is 1.25. The molecule has 0 spiro atoms. The number of amides is 1. The number of nitrogens with one attached hydrogen (secondary N) is 1. The van der Waals surface area contributed by atoms with Gasteiger partial charge in [0.05, 0.1) is 0 Å². The number of carbonyl (C=O) groups is 1. The molecule has 82 valence electrons. The molecule has 15 heavy (non-hydrogen) atoms. The molecule has 0 bridgehead atoms. The summed E-state index contributed by atoms with van der Waals surface area (Å²) in [6, 6.07) is 5.28. The van der Waals surface area contributed by atoms with Crippen LogP contribution in [0.5, 0.6) is 0 Å². The van der Waals surface area contributed by atoms with Crippen molar-refractivity contribution in [1.82, 2.24) is 5.09 Å². The van der Waals surface area contributed by atoms with Crippen molar-refractivity contribution in [1.29, 1.82) is 0 Å². The molecule has 1 rings (SSSR count). The van der Waals surface area contributed by atoms with Gasteiger partial charge in [-0.2, -0.15) is 0 Å². The number of carbonyl (C=O) groups excluding carboxylic acids is 1. The van der Waals surface area contributed by atoms with Crippen LogP contribution in [0.15, 0.2) is 18.2 Å². The molecule has 3 nitrogen and oxygen atoms in total. The molecular weight excluding hydrogens is 256 g/mol. The standard InChI is InChI=1S/C9H10Cl2NO2P/c1-6-3-4-8(7(2)5-6)9(13)12-15(10,11)14/h3-5H,1-2H3,(H,12,13,14). The lowest BCUT2D eigenvalue weighted by atomic mass is 10.1. The Morgan fingerprint density at radius 2 is 1.93 bits per heavy atom. The van der Waals surface area contributed by atoms with Crippen molar-refractivity contribution < 1.29 is 9.36 Å². The molecule has 1 aromatic carbocycles. The lowest BCUT2D eigenvalue weighted by molar-refractivity contribution is 0.0981. The van der Waals surface area contributed by atoms with Crippen LogP contribution in [-0.4, -0.2) is 5.91 Å². The second-order valence-electron chi connectivity index (χ2n) is 3.22. The zero-order valence-electron chi connectivity index (χ0n) is 8.25. The third-order valence-corrected chi connectivity index (χ3v) is 2.83. The predicted molar refractivity (Wildman–Crippen MR) is 62.7 cm³/mol. The number of benzene rings is 1. The van der Waals surface area contributed by atoms with Crippen molar-refractivity contribution in [2.45, 2.75) is 13.8 Å². The summed E-state index contributed by atoms with van der Waals surface area (Å²) in [5, 5.41) is 2.04. The van der Waals surface area contributed by atoms with E-state index < -0.39 is 11.9 Å². The van der Waals surface area contributed by atoms with E-state index in [0.29, 0.717) is 5.56 Å². The van der Waals surface area contributed by atoms with Gasteiger partial charge in [-0.1, -0.05) is 17.7 Å². The molecule has 0 unspecified atom stereocenters. The largest absolute Gasteiger partial charge is 0.345 e. The van der Waals surface area contributed by atoms with Crippen molar-refractivity contribution in [2.75, 3.05) is 0 Å². The molecule has 0 aliphatic rings. The zero-order chi connectivity index (χ0) is 11.6. The molecule has 0 radical (unpaired) electrons. The minimum absolute atomic E-state index is 0.419. The lowest BCUT2D eigenvalue weighted by Gasteiger charge is -2.08. The van der Waals surface area contributed by atoms with Gasteiger partial charge in [-0.3, -0.25) is 14.4 Å². The highest BCUT2D eigenvalue weighted by Gasteiger charge is 2.19. The first-order valence-electron chi connectivity index (χ1n) is 4.19. The van der Waals surface area contributed by atoms with Gasteiger partial charge >= 0.3 is 6.00 Å². The summed E-state index contributed by atoms with van der Waals surface area (Å²) in [5.74, 6) is -4.10. The predicted octanol–water partition coefficient (Wildman–Crippen LogP) is 3.62.